The Morgan fingerprint density at radius 1 is 1.50 bits per heavy atom. The van der Waals surface area contributed by atoms with Crippen molar-refractivity contribution in [3.05, 3.63) is 23.2 Å². The largest absolute Gasteiger partial charge is 0.493 e. The standard InChI is InChI=1S/C20H31NO3/c1-20(2,3)11-14-12-21-7-6-13-8-18(23-4)19(24-5)9-15(13)16(21)10-17(14)22/h8-9,14,16-17,22H,6-7,10-12H2,1-5H3/i1D3,2D3,5D3,6D2,7D2,8D,9D,10D2,11D2,14D,16D,17D. The molecule has 0 bridgehead atoms. The van der Waals surface area contributed by atoms with Crippen LogP contribution >= 0.6 is 0 Å². The maximum Gasteiger partial charge on any atom is 0.161 e. The van der Waals surface area contributed by atoms with Gasteiger partial charge in [0.15, 0.2) is 11.5 Å². The average molecular weight is 356 g/mol. The number of rotatable bonds is 3. The van der Waals surface area contributed by atoms with Gasteiger partial charge in [0, 0.05) is 39.6 Å². The molecule has 0 saturated carbocycles. The molecule has 1 N–H and O–H groups in total. The summed E-state index contributed by atoms with van der Waals surface area (Å²) in [4.78, 5) is -0.196. The zero-order valence-corrected chi connectivity index (χ0v) is 12.9. The Morgan fingerprint density at radius 2 is 2.29 bits per heavy atom. The Balaban J connectivity index is 2.62. The van der Waals surface area contributed by atoms with E-state index in [0.717, 1.165) is 7.11 Å². The number of hydrogen-bond acceptors (Lipinski definition) is 4. The normalized spacial score (nSPS) is 58.5. The molecule has 2 aliphatic rings. The fourth-order valence-corrected chi connectivity index (χ4v) is 2.34. The summed E-state index contributed by atoms with van der Waals surface area (Å²) in [5, 5.41) is 11.6. The summed E-state index contributed by atoms with van der Waals surface area (Å²) in [6.07, 6.45) is -16.6. The molecular weight excluding hydrogens is 302 g/mol. The first kappa shape index (κ1) is 4.92. The van der Waals surface area contributed by atoms with Crippen molar-refractivity contribution < 1.29 is 44.7 Å². The predicted octanol–water partition coefficient (Wildman–Crippen LogP) is 3.42. The second-order valence-electron chi connectivity index (χ2n) is 5.34. The van der Waals surface area contributed by atoms with Gasteiger partial charge in [0.25, 0.3) is 0 Å². The summed E-state index contributed by atoms with van der Waals surface area (Å²) >= 11 is 0. The van der Waals surface area contributed by atoms with Crippen LogP contribution in [0.2, 0.25) is 0 Å². The molecule has 0 radical (unpaired) electrons. The van der Waals surface area contributed by atoms with Crippen LogP contribution in [0.4, 0.5) is 0 Å². The first-order chi connectivity index (χ1) is 19.9. The van der Waals surface area contributed by atoms with Gasteiger partial charge < -0.3 is 14.6 Å². The second-order valence-corrected chi connectivity index (χ2v) is 5.34. The zero-order chi connectivity index (χ0) is 36.7. The highest BCUT2D eigenvalue weighted by Crippen LogP contribution is 2.44. The number of benzene rings is 1. The fourth-order valence-electron chi connectivity index (χ4n) is 2.34. The zero-order valence-electron chi connectivity index (χ0n) is 34.9. The van der Waals surface area contributed by atoms with Crippen LogP contribution in [0.3, 0.4) is 0 Å². The number of fused-ring (bicyclic) bond motifs is 3. The van der Waals surface area contributed by atoms with Gasteiger partial charge in [0.2, 0.25) is 0 Å². The van der Waals surface area contributed by atoms with Gasteiger partial charge in [-0.15, -0.1) is 0 Å². The highest BCUT2D eigenvalue weighted by molar-refractivity contribution is 5.49. The van der Waals surface area contributed by atoms with Gasteiger partial charge in [0.1, 0.15) is 0 Å². The van der Waals surface area contributed by atoms with E-state index in [9.17, 15) is 6.48 Å². The summed E-state index contributed by atoms with van der Waals surface area (Å²) in [6, 6.07) is -6.39. The molecule has 134 valence electrons. The van der Waals surface area contributed by atoms with Crippen LogP contribution in [0.25, 0.3) is 0 Å². The molecule has 2 heterocycles. The van der Waals surface area contributed by atoms with E-state index in [-0.39, 0.29) is 4.90 Å². The van der Waals surface area contributed by atoms with Crippen molar-refractivity contribution in [1.29, 1.82) is 0 Å². The quantitative estimate of drug-likeness (QED) is 0.902. The van der Waals surface area contributed by atoms with Crippen molar-refractivity contribution in [2.45, 2.75) is 51.8 Å². The van der Waals surface area contributed by atoms with Gasteiger partial charge >= 0.3 is 0 Å². The minimum Gasteiger partial charge on any atom is -0.493 e. The number of ether oxygens (including phenoxy) is 2. The molecule has 3 rings (SSSR count). The van der Waals surface area contributed by atoms with Crippen LogP contribution < -0.4 is 9.47 Å². The lowest BCUT2D eigenvalue weighted by Crippen LogP contribution is -2.48. The summed E-state index contributed by atoms with van der Waals surface area (Å²) < 4.78 is 194. The van der Waals surface area contributed by atoms with Crippen LogP contribution in [0, 0.1) is 11.3 Å². The first-order valence-electron chi connectivity index (χ1n) is 17.9. The van der Waals surface area contributed by atoms with Crippen molar-refractivity contribution in [3.63, 3.8) is 0 Å². The molecule has 1 aromatic rings. The van der Waals surface area contributed by atoms with Crippen LogP contribution in [0.15, 0.2) is 12.1 Å². The monoisotopic (exact) mass is 355 g/mol. The van der Waals surface area contributed by atoms with Crippen LogP contribution in [-0.4, -0.2) is 43.3 Å². The fraction of sp³-hybridized carbons (Fsp3) is 0.700. The Hall–Kier alpha value is -1.26. The minimum atomic E-state index is -4.42. The number of piperidine rings is 1. The number of hydrogen-bond donors (Lipinski definition) is 1. The smallest absolute Gasteiger partial charge is 0.161 e. The van der Waals surface area contributed by atoms with Crippen molar-refractivity contribution in [1.82, 2.24) is 4.90 Å². The Labute approximate surface area is 176 Å². The number of nitrogens with zero attached hydrogens (tertiary/aromatic N) is 1. The maximum absolute atomic E-state index is 11.6. The van der Waals surface area contributed by atoms with E-state index < -0.39 is 111 Å². The van der Waals surface area contributed by atoms with E-state index in [0.29, 0.717) is 6.92 Å². The maximum atomic E-state index is 11.6. The van der Waals surface area contributed by atoms with Crippen LogP contribution in [0.1, 0.15) is 80.7 Å². The van der Waals surface area contributed by atoms with E-state index in [2.05, 4.69) is 0 Å². The van der Waals surface area contributed by atoms with E-state index in [1.807, 2.05) is 0 Å². The van der Waals surface area contributed by atoms with Gasteiger partial charge in [-0.3, -0.25) is 4.90 Å². The Kier molecular flexibility index (Phi) is 1.35. The highest BCUT2D eigenvalue weighted by Gasteiger charge is 2.39. The third-order valence-corrected chi connectivity index (χ3v) is 3.30. The molecule has 1 aromatic carbocycles. The molecule has 0 aliphatic carbocycles. The summed E-state index contributed by atoms with van der Waals surface area (Å²) in [7, 11) is -2.54. The van der Waals surface area contributed by atoms with E-state index in [4.69, 9.17) is 38.3 Å². The SMILES string of the molecule is [2H]c1c(OC)c(OC([2H])([2H])[2H])c([2H])c2c1C([2H])([2H])C([2H])([2H])N1CC([2H])(C([2H])([2H])C(C)(C([2H])([2H])[2H])C([2H])([2H])[2H])C([2H])(O)C([2H])([2H])C21[2H]. The van der Waals surface area contributed by atoms with Crippen molar-refractivity contribution in [2.24, 2.45) is 11.3 Å². The molecule has 0 amide bonds. The molecule has 0 aromatic heterocycles. The molecule has 3 unspecified atom stereocenters. The Morgan fingerprint density at radius 3 is 3.00 bits per heavy atom. The lowest BCUT2D eigenvalue weighted by molar-refractivity contribution is -0.0259. The highest BCUT2D eigenvalue weighted by atomic mass is 16.5. The van der Waals surface area contributed by atoms with E-state index in [1.54, 1.807) is 0 Å². The van der Waals surface area contributed by atoms with Gasteiger partial charge in [0.05, 0.1) is 29.8 Å². The minimum absolute atomic E-state index is 0.196. The lowest BCUT2D eigenvalue weighted by Gasteiger charge is -2.47. The topological polar surface area (TPSA) is 41.9 Å². The molecule has 4 heteroatoms. The molecule has 2 aliphatic heterocycles. The summed E-state index contributed by atoms with van der Waals surface area (Å²) in [6.45, 7) is -13.1. The Bertz CT molecular complexity index is 1400. The van der Waals surface area contributed by atoms with Crippen molar-refractivity contribution in [2.75, 3.05) is 27.2 Å². The molecule has 1 fully saturated rings. The third kappa shape index (κ3) is 3.40. The van der Waals surface area contributed by atoms with E-state index >= 15 is 0 Å². The van der Waals surface area contributed by atoms with Crippen LogP contribution in [0.5, 0.6) is 11.5 Å². The van der Waals surface area contributed by atoms with Crippen molar-refractivity contribution in [3.8, 4) is 11.5 Å². The molecule has 24 heavy (non-hydrogen) atoms. The molecule has 4 nitrogen and oxygen atoms in total. The number of aliphatic hydroxyl groups is 1. The van der Waals surface area contributed by atoms with Crippen molar-refractivity contribution >= 4 is 0 Å². The number of methoxy groups -OCH3 is 2. The molecule has 0 spiro atoms. The van der Waals surface area contributed by atoms with Gasteiger partial charge in [-0.2, -0.15) is 0 Å². The lowest BCUT2D eigenvalue weighted by atomic mass is 9.75. The molecule has 1 saturated heterocycles. The molecule has 3 atom stereocenters. The van der Waals surface area contributed by atoms with Gasteiger partial charge in [-0.05, 0) is 53.6 Å². The molecular formula is C20H31NO3. The summed E-state index contributed by atoms with van der Waals surface area (Å²) in [5.41, 5.74) is -6.31. The van der Waals surface area contributed by atoms with E-state index in [1.165, 1.54) is 0 Å². The summed E-state index contributed by atoms with van der Waals surface area (Å²) in [5.74, 6) is -6.18. The third-order valence-electron chi connectivity index (χ3n) is 3.30. The predicted molar refractivity (Wildman–Crippen MR) is 95.7 cm³/mol. The second kappa shape index (κ2) is 6.57. The first-order valence-corrected chi connectivity index (χ1v) is 6.86. The van der Waals surface area contributed by atoms with Crippen LogP contribution in [-0.2, 0) is 6.37 Å². The van der Waals surface area contributed by atoms with Gasteiger partial charge in [-0.25, -0.2) is 0 Å². The average Bonchev–Trinajstić information content (AvgIpc) is 2.83. The van der Waals surface area contributed by atoms with Gasteiger partial charge in [-0.1, -0.05) is 20.6 Å².